The first-order valence-corrected chi connectivity index (χ1v) is 12.7. The molecule has 11 nitrogen and oxygen atoms in total. The molecule has 0 fully saturated rings. The zero-order chi connectivity index (χ0) is 27.8. The predicted molar refractivity (Wildman–Crippen MR) is 137 cm³/mol. The number of carbonyl (C=O) groups is 4. The second-order valence-electron chi connectivity index (χ2n) is 10.6. The maximum Gasteiger partial charge on any atom is 0.410 e. The number of hydrogen-bond donors (Lipinski definition) is 2. The third kappa shape index (κ3) is 17.8. The normalized spacial score (nSPS) is 11.4. The van der Waals surface area contributed by atoms with Gasteiger partial charge in [-0.15, -0.1) is 0 Å². The Morgan fingerprint density at radius 3 is 1.64 bits per heavy atom. The Bertz CT molecular complexity index is 687. The smallest absolute Gasteiger partial charge is 0.410 e. The summed E-state index contributed by atoms with van der Waals surface area (Å²) in [7, 11) is 1.30. The van der Waals surface area contributed by atoms with Crippen molar-refractivity contribution in [3.63, 3.8) is 0 Å². The van der Waals surface area contributed by atoms with E-state index in [0.717, 1.165) is 12.8 Å². The van der Waals surface area contributed by atoms with Gasteiger partial charge in [-0.1, -0.05) is 0 Å². The van der Waals surface area contributed by atoms with Gasteiger partial charge in [0.2, 0.25) is 5.91 Å². The van der Waals surface area contributed by atoms with Crippen LogP contribution in [0.25, 0.3) is 0 Å². The number of nitrogens with two attached hydrogens (primary N) is 1. The first-order valence-electron chi connectivity index (χ1n) is 12.7. The lowest BCUT2D eigenvalue weighted by Crippen LogP contribution is -2.40. The third-order valence-electron chi connectivity index (χ3n) is 4.78. The Hall–Kier alpha value is -2.56. The van der Waals surface area contributed by atoms with Gasteiger partial charge in [0.1, 0.15) is 11.2 Å². The van der Waals surface area contributed by atoms with Crippen LogP contribution in [0.4, 0.5) is 9.59 Å². The molecule has 0 aromatic carbocycles. The van der Waals surface area contributed by atoms with Gasteiger partial charge in [-0.25, -0.2) is 9.59 Å². The fourth-order valence-corrected chi connectivity index (χ4v) is 3.00. The largest absolute Gasteiger partial charge is 0.469 e. The average Bonchev–Trinajstić information content (AvgIpc) is 2.74. The lowest BCUT2D eigenvalue weighted by molar-refractivity contribution is -0.140. The molecule has 3 amide bonds. The number of amides is 3. The first kappa shape index (κ1) is 33.4. The molecule has 0 aliphatic heterocycles. The zero-order valence-corrected chi connectivity index (χ0v) is 23.3. The molecule has 0 rings (SSSR count). The standard InChI is InChI=1S/C25H48N4O7/c1-24(2,3)35-22(32)28(16-10-8-14-26)18-12-20(30)27-15-9-11-17-29(19-13-21(31)34-7)23(33)36-25(4,5)6/h8-19,26H2,1-7H3,(H,27,30). The molecular formula is C25H48N4O7. The highest BCUT2D eigenvalue weighted by Crippen LogP contribution is 2.12. The molecule has 0 aliphatic carbocycles. The van der Waals surface area contributed by atoms with E-state index < -0.39 is 29.4 Å². The minimum Gasteiger partial charge on any atom is -0.469 e. The number of carbonyl (C=O) groups excluding carboxylic acids is 4. The molecule has 36 heavy (non-hydrogen) atoms. The van der Waals surface area contributed by atoms with Gasteiger partial charge < -0.3 is 35.1 Å². The maximum atomic E-state index is 12.5. The van der Waals surface area contributed by atoms with Crippen LogP contribution in [0.15, 0.2) is 0 Å². The molecule has 0 heterocycles. The van der Waals surface area contributed by atoms with Crippen LogP contribution in [0.5, 0.6) is 0 Å². The molecule has 0 atom stereocenters. The Morgan fingerprint density at radius 1 is 0.722 bits per heavy atom. The first-order chi connectivity index (χ1) is 16.7. The van der Waals surface area contributed by atoms with Crippen molar-refractivity contribution in [3.05, 3.63) is 0 Å². The number of ether oxygens (including phenoxy) is 3. The number of nitrogens with zero attached hydrogens (tertiary/aromatic N) is 2. The van der Waals surface area contributed by atoms with Crippen LogP contribution in [0.3, 0.4) is 0 Å². The van der Waals surface area contributed by atoms with E-state index in [-0.39, 0.29) is 31.8 Å². The van der Waals surface area contributed by atoms with Crippen LogP contribution in [-0.4, -0.2) is 91.4 Å². The van der Waals surface area contributed by atoms with E-state index in [0.29, 0.717) is 39.0 Å². The second kappa shape index (κ2) is 17.0. The summed E-state index contributed by atoms with van der Waals surface area (Å²) in [6, 6.07) is 0. The zero-order valence-electron chi connectivity index (χ0n) is 23.3. The predicted octanol–water partition coefficient (Wildman–Crippen LogP) is 3.05. The molecule has 0 aromatic rings. The van der Waals surface area contributed by atoms with Crippen LogP contribution in [-0.2, 0) is 23.8 Å². The Balaban J connectivity index is 4.56. The highest BCUT2D eigenvalue weighted by Gasteiger charge is 2.23. The maximum absolute atomic E-state index is 12.5. The summed E-state index contributed by atoms with van der Waals surface area (Å²) in [5, 5.41) is 2.85. The van der Waals surface area contributed by atoms with Gasteiger partial charge in [-0.05, 0) is 73.8 Å². The highest BCUT2D eigenvalue weighted by molar-refractivity contribution is 5.77. The van der Waals surface area contributed by atoms with Crippen molar-refractivity contribution in [1.82, 2.24) is 15.1 Å². The van der Waals surface area contributed by atoms with E-state index in [1.54, 1.807) is 46.4 Å². The lowest BCUT2D eigenvalue weighted by atomic mass is 10.2. The number of rotatable bonds is 15. The monoisotopic (exact) mass is 516 g/mol. The number of unbranched alkanes of at least 4 members (excludes halogenated alkanes) is 2. The average molecular weight is 517 g/mol. The summed E-state index contributed by atoms with van der Waals surface area (Å²) in [5.74, 6) is -0.573. The summed E-state index contributed by atoms with van der Waals surface area (Å²) in [6.07, 6.45) is 2.07. The molecule has 0 aliphatic rings. The Kier molecular flexibility index (Phi) is 15.8. The van der Waals surface area contributed by atoms with Crippen molar-refractivity contribution in [2.75, 3.05) is 46.4 Å². The molecule has 0 spiro atoms. The molecule has 210 valence electrons. The van der Waals surface area contributed by atoms with Crippen molar-refractivity contribution in [2.45, 2.75) is 91.3 Å². The van der Waals surface area contributed by atoms with Gasteiger partial charge in [0.15, 0.2) is 0 Å². The van der Waals surface area contributed by atoms with Crippen LogP contribution in [0, 0.1) is 0 Å². The minimum atomic E-state index is -0.647. The SMILES string of the molecule is COC(=O)CCN(CCCCNC(=O)CCN(CCCCN)C(=O)OC(C)(C)C)C(=O)OC(C)(C)C. The minimum absolute atomic E-state index is 0.0753. The van der Waals surface area contributed by atoms with Crippen molar-refractivity contribution < 1.29 is 33.4 Å². The van der Waals surface area contributed by atoms with E-state index >= 15 is 0 Å². The van der Waals surface area contributed by atoms with Crippen molar-refractivity contribution in [3.8, 4) is 0 Å². The van der Waals surface area contributed by atoms with Crippen molar-refractivity contribution in [2.24, 2.45) is 5.73 Å². The lowest BCUT2D eigenvalue weighted by Gasteiger charge is -2.27. The van der Waals surface area contributed by atoms with Gasteiger partial charge in [0, 0.05) is 39.1 Å². The molecule has 0 aromatic heterocycles. The number of nitrogens with one attached hydrogen (secondary N) is 1. The molecule has 0 bridgehead atoms. The molecule has 0 unspecified atom stereocenters. The molecular weight excluding hydrogens is 468 g/mol. The Labute approximate surface area is 216 Å². The summed E-state index contributed by atoms with van der Waals surface area (Å²) < 4.78 is 15.5. The fourth-order valence-electron chi connectivity index (χ4n) is 3.00. The molecule has 0 radical (unpaired) electrons. The van der Waals surface area contributed by atoms with Crippen LogP contribution < -0.4 is 11.1 Å². The van der Waals surface area contributed by atoms with E-state index in [2.05, 4.69) is 10.1 Å². The highest BCUT2D eigenvalue weighted by atomic mass is 16.6. The molecule has 3 N–H and O–H groups in total. The van der Waals surface area contributed by atoms with E-state index in [9.17, 15) is 19.2 Å². The van der Waals surface area contributed by atoms with Gasteiger partial charge in [-0.3, -0.25) is 9.59 Å². The number of hydrogen-bond acceptors (Lipinski definition) is 8. The van der Waals surface area contributed by atoms with Crippen LogP contribution >= 0.6 is 0 Å². The van der Waals surface area contributed by atoms with Gasteiger partial charge in [0.25, 0.3) is 0 Å². The summed E-state index contributed by atoms with van der Waals surface area (Å²) >= 11 is 0. The summed E-state index contributed by atoms with van der Waals surface area (Å²) in [6.45, 7) is 13.0. The fraction of sp³-hybridized carbons (Fsp3) is 0.840. The number of methoxy groups -OCH3 is 1. The van der Waals surface area contributed by atoms with Crippen molar-refractivity contribution in [1.29, 1.82) is 0 Å². The Morgan fingerprint density at radius 2 is 1.19 bits per heavy atom. The third-order valence-corrected chi connectivity index (χ3v) is 4.78. The number of esters is 1. The van der Waals surface area contributed by atoms with E-state index in [1.807, 2.05) is 0 Å². The topological polar surface area (TPSA) is 140 Å². The van der Waals surface area contributed by atoms with Crippen LogP contribution in [0.2, 0.25) is 0 Å². The molecule has 0 saturated heterocycles. The van der Waals surface area contributed by atoms with Gasteiger partial charge in [0.05, 0.1) is 13.5 Å². The molecule has 0 saturated carbocycles. The van der Waals surface area contributed by atoms with Crippen LogP contribution in [0.1, 0.15) is 80.1 Å². The van der Waals surface area contributed by atoms with Gasteiger partial charge in [-0.2, -0.15) is 0 Å². The van der Waals surface area contributed by atoms with E-state index in [1.165, 1.54) is 12.0 Å². The molecule has 11 heteroatoms. The van der Waals surface area contributed by atoms with E-state index in [4.69, 9.17) is 15.2 Å². The van der Waals surface area contributed by atoms with Crippen molar-refractivity contribution >= 4 is 24.1 Å². The second-order valence-corrected chi connectivity index (χ2v) is 10.6. The summed E-state index contributed by atoms with van der Waals surface area (Å²) in [4.78, 5) is 51.7. The quantitative estimate of drug-likeness (QED) is 0.192. The van der Waals surface area contributed by atoms with Gasteiger partial charge >= 0.3 is 18.2 Å². The summed E-state index contributed by atoms with van der Waals surface area (Å²) in [5.41, 5.74) is 4.28.